The molecule has 1 aliphatic heterocycles. The minimum absolute atomic E-state index is 0.220. The molecule has 0 radical (unpaired) electrons. The maximum atomic E-state index is 6.49. The first-order chi connectivity index (χ1) is 23.1. The zero-order valence-corrected chi connectivity index (χ0v) is 27.6. The van der Waals surface area contributed by atoms with Crippen LogP contribution in [0.15, 0.2) is 54.6 Å². The van der Waals surface area contributed by atoms with Gasteiger partial charge < -0.3 is 19.5 Å². The summed E-state index contributed by atoms with van der Waals surface area (Å²) in [6, 6.07) is 8.31. The molecule has 5 aromatic rings. The van der Waals surface area contributed by atoms with Gasteiger partial charge in [0, 0.05) is 42.5 Å². The molecule has 246 valence electrons. The maximum Gasteiger partial charge on any atom is 0.257 e. The fraction of sp³-hybridized carbons (Fsp3) is 0.452. The quantitative estimate of drug-likeness (QED) is 0.189. The summed E-state index contributed by atoms with van der Waals surface area (Å²) in [5.74, 6) is 1.45. The molecule has 5 heterocycles. The van der Waals surface area contributed by atoms with E-state index in [0.717, 1.165) is 62.6 Å². The molecule has 7 rings (SSSR count). The third-order valence-electron chi connectivity index (χ3n) is 8.41. The summed E-state index contributed by atoms with van der Waals surface area (Å²) in [6.45, 7) is 6.42. The van der Waals surface area contributed by atoms with Crippen molar-refractivity contribution < 1.29 is 14.2 Å². The number of tetrazole rings is 1. The number of thiazole rings is 1. The van der Waals surface area contributed by atoms with Crippen LogP contribution in [0.4, 0.5) is 11.6 Å². The van der Waals surface area contributed by atoms with E-state index in [1.165, 1.54) is 0 Å². The molecule has 1 saturated heterocycles. The first kappa shape index (κ1) is 31.4. The number of benzene rings is 1. The van der Waals surface area contributed by atoms with Crippen LogP contribution in [0, 0.1) is 0 Å². The number of hydrogen-bond acceptors (Lipinski definition) is 13. The van der Waals surface area contributed by atoms with Crippen molar-refractivity contribution in [3.63, 3.8) is 0 Å². The largest absolute Gasteiger partial charge is 0.487 e. The molecule has 16 heteroatoms. The minimum atomic E-state index is -0.220. The summed E-state index contributed by atoms with van der Waals surface area (Å²) < 4.78 is 21.5. The second kappa shape index (κ2) is 14.7. The predicted molar refractivity (Wildman–Crippen MR) is 176 cm³/mol. The molecule has 14 nitrogen and oxygen atoms in total. The number of halogens is 1. The van der Waals surface area contributed by atoms with Crippen molar-refractivity contribution >= 4 is 34.6 Å². The third kappa shape index (κ3) is 7.87. The van der Waals surface area contributed by atoms with E-state index in [4.69, 9.17) is 35.9 Å². The van der Waals surface area contributed by atoms with Crippen molar-refractivity contribution in [3.05, 3.63) is 64.6 Å². The standard InChI is InChI=1S/C31H36ClN11O3S/c1-21(17-42-20-35-39-40-42)46-28-16-22(2-7-25(28)32)26-8-9-34-31(36-26)37-27-18-43(38-30(27)45-19-29-33-10-15-47-29)24-5-3-23(4-6-24)41-11-13-44-14-12-41/h2,7-10,15-16,18,20-21,23-24H,3-6,11-14,17,19H2,1H3,(H,34,36,37)/t21-,23?,24?/m0/s1. The van der Waals surface area contributed by atoms with Crippen LogP contribution < -0.4 is 14.8 Å². The fourth-order valence-electron chi connectivity index (χ4n) is 6.07. The molecular formula is C31H36ClN11O3S. The highest BCUT2D eigenvalue weighted by Gasteiger charge is 2.29. The lowest BCUT2D eigenvalue weighted by Gasteiger charge is -2.38. The summed E-state index contributed by atoms with van der Waals surface area (Å²) in [7, 11) is 0. The molecule has 2 fully saturated rings. The van der Waals surface area contributed by atoms with Gasteiger partial charge in [-0.2, -0.15) is 0 Å². The molecule has 4 aromatic heterocycles. The zero-order chi connectivity index (χ0) is 32.0. The maximum absolute atomic E-state index is 6.49. The van der Waals surface area contributed by atoms with E-state index in [9.17, 15) is 0 Å². The molecule has 0 spiro atoms. The van der Waals surface area contributed by atoms with Gasteiger partial charge in [0.25, 0.3) is 5.88 Å². The third-order valence-corrected chi connectivity index (χ3v) is 9.47. The number of ether oxygens (including phenoxy) is 3. The molecule has 1 aliphatic carbocycles. The summed E-state index contributed by atoms with van der Waals surface area (Å²) in [6.07, 6.45) is 11.2. The number of rotatable bonds is 12. The Balaban J connectivity index is 1.07. The summed E-state index contributed by atoms with van der Waals surface area (Å²) >= 11 is 8.04. The average molecular weight is 678 g/mol. The summed E-state index contributed by atoms with van der Waals surface area (Å²) in [5.41, 5.74) is 2.24. The predicted octanol–water partition coefficient (Wildman–Crippen LogP) is 5.04. The molecule has 0 unspecified atom stereocenters. The summed E-state index contributed by atoms with van der Waals surface area (Å²) in [4.78, 5) is 16.3. The lowest BCUT2D eigenvalue weighted by molar-refractivity contribution is 0.00502. The summed E-state index contributed by atoms with van der Waals surface area (Å²) in [5, 5.41) is 22.8. The van der Waals surface area contributed by atoms with Crippen LogP contribution in [0.25, 0.3) is 11.3 Å². The van der Waals surface area contributed by atoms with Crippen LogP contribution in [-0.4, -0.2) is 88.3 Å². The molecule has 1 saturated carbocycles. The Morgan fingerprint density at radius 2 is 1.94 bits per heavy atom. The van der Waals surface area contributed by atoms with Gasteiger partial charge in [0.2, 0.25) is 5.95 Å². The van der Waals surface area contributed by atoms with Gasteiger partial charge in [0.15, 0.2) is 0 Å². The van der Waals surface area contributed by atoms with E-state index >= 15 is 0 Å². The normalized spacial score (nSPS) is 19.4. The number of aromatic nitrogens is 9. The second-order valence-electron chi connectivity index (χ2n) is 11.6. The van der Waals surface area contributed by atoms with Crippen molar-refractivity contribution in [2.45, 2.75) is 63.9 Å². The Labute approximate surface area is 281 Å². The highest BCUT2D eigenvalue weighted by atomic mass is 35.5. The molecule has 2 aliphatic rings. The molecule has 47 heavy (non-hydrogen) atoms. The number of nitrogens with zero attached hydrogens (tertiary/aromatic N) is 10. The van der Waals surface area contributed by atoms with Gasteiger partial charge >= 0.3 is 0 Å². The topological polar surface area (TPSA) is 143 Å². The Bertz CT molecular complexity index is 1720. The fourth-order valence-corrected chi connectivity index (χ4v) is 6.76. The van der Waals surface area contributed by atoms with Crippen molar-refractivity contribution in [2.24, 2.45) is 0 Å². The van der Waals surface area contributed by atoms with Gasteiger partial charge in [-0.15, -0.1) is 21.5 Å². The molecule has 1 atom stereocenters. The number of anilines is 2. The molecule has 0 amide bonds. The Hall–Kier alpha value is -4.18. The highest BCUT2D eigenvalue weighted by Crippen LogP contribution is 2.36. The van der Waals surface area contributed by atoms with Crippen LogP contribution in [0.2, 0.25) is 5.02 Å². The van der Waals surface area contributed by atoms with Crippen LogP contribution in [0.5, 0.6) is 11.6 Å². The van der Waals surface area contributed by atoms with E-state index in [0.29, 0.717) is 53.2 Å². The van der Waals surface area contributed by atoms with Gasteiger partial charge in [-0.3, -0.25) is 9.58 Å². The van der Waals surface area contributed by atoms with Gasteiger partial charge in [-0.05, 0) is 61.2 Å². The SMILES string of the molecule is C[C@@H](Cn1cnnn1)Oc1cc(-c2ccnc(Nc3cn(C4CCC(N5CCOCC5)CC4)nc3OCc3nccs3)n2)ccc1Cl. The van der Waals surface area contributed by atoms with Gasteiger partial charge in [0.05, 0.1) is 42.7 Å². The van der Waals surface area contributed by atoms with Gasteiger partial charge in [-0.1, -0.05) is 17.7 Å². The lowest BCUT2D eigenvalue weighted by atomic mass is 9.90. The minimum Gasteiger partial charge on any atom is -0.487 e. The first-order valence-electron chi connectivity index (χ1n) is 15.8. The van der Waals surface area contributed by atoms with Crippen molar-refractivity contribution in [3.8, 4) is 22.9 Å². The van der Waals surface area contributed by atoms with Crippen molar-refractivity contribution in [1.29, 1.82) is 0 Å². The van der Waals surface area contributed by atoms with Crippen molar-refractivity contribution in [2.75, 3.05) is 31.6 Å². The molecule has 0 bridgehead atoms. The Morgan fingerprint density at radius 1 is 1.09 bits per heavy atom. The zero-order valence-electron chi connectivity index (χ0n) is 26.0. The lowest BCUT2D eigenvalue weighted by Crippen LogP contribution is -2.45. The van der Waals surface area contributed by atoms with Crippen LogP contribution >= 0.6 is 22.9 Å². The Kier molecular flexibility index (Phi) is 9.84. The van der Waals surface area contributed by atoms with Crippen LogP contribution in [0.3, 0.4) is 0 Å². The van der Waals surface area contributed by atoms with E-state index in [1.807, 2.05) is 41.4 Å². The molecule has 1 N–H and O–H groups in total. The van der Waals surface area contributed by atoms with Gasteiger partial charge in [0.1, 0.15) is 35.5 Å². The number of nitrogens with one attached hydrogen (secondary N) is 1. The number of hydrogen-bond donors (Lipinski definition) is 1. The van der Waals surface area contributed by atoms with E-state index in [-0.39, 0.29) is 12.1 Å². The van der Waals surface area contributed by atoms with Crippen molar-refractivity contribution in [1.82, 2.24) is 49.8 Å². The molecular weight excluding hydrogens is 642 g/mol. The smallest absolute Gasteiger partial charge is 0.257 e. The molecule has 1 aromatic carbocycles. The number of morpholine rings is 1. The van der Waals surface area contributed by atoms with E-state index in [1.54, 1.807) is 40.8 Å². The monoisotopic (exact) mass is 677 g/mol. The first-order valence-corrected chi connectivity index (χ1v) is 17.0. The van der Waals surface area contributed by atoms with Crippen LogP contribution in [0.1, 0.15) is 43.7 Å². The Morgan fingerprint density at radius 3 is 2.72 bits per heavy atom. The van der Waals surface area contributed by atoms with E-state index in [2.05, 4.69) is 35.7 Å². The average Bonchev–Trinajstić information content (AvgIpc) is 3.89. The van der Waals surface area contributed by atoms with E-state index < -0.39 is 0 Å². The second-order valence-corrected chi connectivity index (χ2v) is 13.0. The highest BCUT2D eigenvalue weighted by molar-refractivity contribution is 7.09. The van der Waals surface area contributed by atoms with Gasteiger partial charge in [-0.25, -0.2) is 19.6 Å². The van der Waals surface area contributed by atoms with Crippen LogP contribution in [-0.2, 0) is 17.9 Å².